The molecule has 0 atom stereocenters. The van der Waals surface area contributed by atoms with E-state index in [0.29, 0.717) is 12.1 Å². The molecule has 0 aliphatic heterocycles. The van der Waals surface area contributed by atoms with Crippen LogP contribution in [0.25, 0.3) is 0 Å². The van der Waals surface area contributed by atoms with Crippen LogP contribution in [0.1, 0.15) is 49.5 Å². The van der Waals surface area contributed by atoms with Crippen molar-refractivity contribution in [2.24, 2.45) is 0 Å². The maximum Gasteiger partial charge on any atom is 0.253 e. The second-order valence-corrected chi connectivity index (χ2v) is 4.90. The molecule has 0 aliphatic rings. The highest BCUT2D eigenvalue weighted by Crippen LogP contribution is 2.09. The van der Waals surface area contributed by atoms with Gasteiger partial charge in [0.1, 0.15) is 0 Å². The van der Waals surface area contributed by atoms with Crippen LogP contribution in [0.4, 0.5) is 0 Å². The summed E-state index contributed by atoms with van der Waals surface area (Å²) in [5, 5.41) is 2.74. The highest BCUT2D eigenvalue weighted by Gasteiger charge is 2.13. The molecule has 0 unspecified atom stereocenters. The van der Waals surface area contributed by atoms with Crippen LogP contribution < -0.4 is 5.32 Å². The van der Waals surface area contributed by atoms with Gasteiger partial charge in [-0.05, 0) is 30.5 Å². The molecule has 0 bridgehead atoms. The Morgan fingerprint density at radius 3 is 2.05 bits per heavy atom. The Morgan fingerprint density at radius 1 is 1.05 bits per heavy atom. The smallest absolute Gasteiger partial charge is 0.253 e. The van der Waals surface area contributed by atoms with Crippen molar-refractivity contribution in [1.29, 1.82) is 0 Å². The lowest BCUT2D eigenvalue weighted by Gasteiger charge is -2.21. The van der Waals surface area contributed by atoms with E-state index in [0.717, 1.165) is 31.5 Å². The number of nitrogens with zero attached hydrogens (tertiary/aromatic N) is 1. The van der Waals surface area contributed by atoms with Gasteiger partial charge in [-0.15, -0.1) is 0 Å². The fourth-order valence-corrected chi connectivity index (χ4v) is 2.03. The number of amides is 2. The van der Waals surface area contributed by atoms with Crippen molar-refractivity contribution in [3.8, 4) is 0 Å². The van der Waals surface area contributed by atoms with E-state index < -0.39 is 0 Å². The summed E-state index contributed by atoms with van der Waals surface area (Å²) >= 11 is 0. The van der Waals surface area contributed by atoms with Gasteiger partial charge in [-0.3, -0.25) is 9.59 Å². The van der Waals surface area contributed by atoms with Crippen LogP contribution in [-0.2, 0) is 11.3 Å². The summed E-state index contributed by atoms with van der Waals surface area (Å²) in [7, 11) is 0. The third-order valence-electron chi connectivity index (χ3n) is 3.02. The van der Waals surface area contributed by atoms with Crippen molar-refractivity contribution in [2.45, 2.75) is 40.2 Å². The van der Waals surface area contributed by atoms with Gasteiger partial charge < -0.3 is 10.2 Å². The van der Waals surface area contributed by atoms with Gasteiger partial charge in [0, 0.05) is 32.1 Å². The first-order valence-electron chi connectivity index (χ1n) is 7.21. The molecule has 4 heteroatoms. The Labute approximate surface area is 121 Å². The quantitative estimate of drug-likeness (QED) is 0.832. The van der Waals surface area contributed by atoms with Crippen LogP contribution in [0.5, 0.6) is 0 Å². The standard InChI is InChI=1S/C16H24N2O2/c1-4-10-18(11-5-2)16(20)15-8-6-14(7-9-15)12-17-13(3)19/h6-9H,4-5,10-12H2,1-3H3,(H,17,19). The Bertz CT molecular complexity index is 434. The SMILES string of the molecule is CCCN(CCC)C(=O)c1ccc(CNC(C)=O)cc1. The maximum absolute atomic E-state index is 12.4. The van der Waals surface area contributed by atoms with Gasteiger partial charge in [0.25, 0.3) is 5.91 Å². The fourth-order valence-electron chi connectivity index (χ4n) is 2.03. The van der Waals surface area contributed by atoms with E-state index in [1.165, 1.54) is 6.92 Å². The Kier molecular flexibility index (Phi) is 6.77. The minimum Gasteiger partial charge on any atom is -0.352 e. The highest BCUT2D eigenvalue weighted by molar-refractivity contribution is 5.94. The number of rotatable bonds is 7. The first kappa shape index (κ1) is 16.2. The lowest BCUT2D eigenvalue weighted by atomic mass is 10.1. The topological polar surface area (TPSA) is 49.4 Å². The minimum absolute atomic E-state index is 0.0535. The van der Waals surface area contributed by atoms with Crippen LogP contribution in [0, 0.1) is 0 Å². The van der Waals surface area contributed by atoms with Crippen LogP contribution in [0.3, 0.4) is 0 Å². The summed E-state index contributed by atoms with van der Waals surface area (Å²) < 4.78 is 0. The number of hydrogen-bond acceptors (Lipinski definition) is 2. The predicted molar refractivity (Wildman–Crippen MR) is 80.4 cm³/mol. The number of benzene rings is 1. The maximum atomic E-state index is 12.4. The van der Waals surface area contributed by atoms with E-state index in [1.54, 1.807) is 0 Å². The van der Waals surface area contributed by atoms with Gasteiger partial charge in [0.05, 0.1) is 0 Å². The molecule has 1 aromatic rings. The van der Waals surface area contributed by atoms with E-state index in [-0.39, 0.29) is 11.8 Å². The molecule has 0 fully saturated rings. The number of carbonyl (C=O) groups excluding carboxylic acids is 2. The van der Waals surface area contributed by atoms with E-state index in [4.69, 9.17) is 0 Å². The zero-order chi connectivity index (χ0) is 15.0. The first-order chi connectivity index (χ1) is 9.58. The van der Waals surface area contributed by atoms with Gasteiger partial charge in [-0.2, -0.15) is 0 Å². The zero-order valence-electron chi connectivity index (χ0n) is 12.6. The summed E-state index contributed by atoms with van der Waals surface area (Å²) in [6.45, 7) is 7.72. The summed E-state index contributed by atoms with van der Waals surface area (Å²) in [5.74, 6) is 0.0296. The summed E-state index contributed by atoms with van der Waals surface area (Å²) in [5.41, 5.74) is 1.70. The molecule has 0 aromatic heterocycles. The van der Waals surface area contributed by atoms with E-state index in [9.17, 15) is 9.59 Å². The largest absolute Gasteiger partial charge is 0.352 e. The fraction of sp³-hybridized carbons (Fsp3) is 0.500. The first-order valence-corrected chi connectivity index (χ1v) is 7.21. The molecule has 0 radical (unpaired) electrons. The van der Waals surface area contributed by atoms with Crippen LogP contribution in [-0.4, -0.2) is 29.8 Å². The third-order valence-corrected chi connectivity index (χ3v) is 3.02. The van der Waals surface area contributed by atoms with E-state index >= 15 is 0 Å². The molecule has 110 valence electrons. The Hall–Kier alpha value is -1.84. The molecule has 1 aromatic carbocycles. The molecule has 2 amide bonds. The monoisotopic (exact) mass is 276 g/mol. The molecule has 20 heavy (non-hydrogen) atoms. The third kappa shape index (κ3) is 5.03. The van der Waals surface area contributed by atoms with Crippen LogP contribution in [0.2, 0.25) is 0 Å². The summed E-state index contributed by atoms with van der Waals surface area (Å²) in [6.07, 6.45) is 1.93. The average molecular weight is 276 g/mol. The van der Waals surface area contributed by atoms with Crippen molar-refractivity contribution in [1.82, 2.24) is 10.2 Å². The van der Waals surface area contributed by atoms with Gasteiger partial charge >= 0.3 is 0 Å². The molecule has 0 spiro atoms. The number of hydrogen-bond donors (Lipinski definition) is 1. The van der Waals surface area contributed by atoms with Crippen molar-refractivity contribution in [3.05, 3.63) is 35.4 Å². The van der Waals surface area contributed by atoms with Gasteiger partial charge in [0.2, 0.25) is 5.91 Å². The van der Waals surface area contributed by atoms with Gasteiger partial charge in [-0.1, -0.05) is 26.0 Å². The summed E-state index contributed by atoms with van der Waals surface area (Å²) in [6, 6.07) is 7.44. The molecule has 0 heterocycles. The predicted octanol–water partition coefficient (Wildman–Crippen LogP) is 2.58. The second-order valence-electron chi connectivity index (χ2n) is 4.90. The lowest BCUT2D eigenvalue weighted by Crippen LogP contribution is -2.32. The van der Waals surface area contributed by atoms with Crippen LogP contribution in [0.15, 0.2) is 24.3 Å². The van der Waals surface area contributed by atoms with E-state index in [2.05, 4.69) is 19.2 Å². The molecule has 0 saturated heterocycles. The van der Waals surface area contributed by atoms with Crippen molar-refractivity contribution in [2.75, 3.05) is 13.1 Å². The Morgan fingerprint density at radius 2 is 1.60 bits per heavy atom. The van der Waals surface area contributed by atoms with Crippen molar-refractivity contribution < 1.29 is 9.59 Å². The zero-order valence-corrected chi connectivity index (χ0v) is 12.6. The van der Waals surface area contributed by atoms with E-state index in [1.807, 2.05) is 29.2 Å². The molecule has 0 saturated carbocycles. The van der Waals surface area contributed by atoms with Crippen molar-refractivity contribution >= 4 is 11.8 Å². The van der Waals surface area contributed by atoms with Crippen LogP contribution >= 0.6 is 0 Å². The summed E-state index contributed by atoms with van der Waals surface area (Å²) in [4.78, 5) is 25.1. The second kappa shape index (κ2) is 8.35. The number of carbonyl (C=O) groups is 2. The molecule has 1 N–H and O–H groups in total. The van der Waals surface area contributed by atoms with Crippen molar-refractivity contribution in [3.63, 3.8) is 0 Å². The average Bonchev–Trinajstić information content (AvgIpc) is 2.44. The number of nitrogens with one attached hydrogen (secondary N) is 1. The molecular formula is C16H24N2O2. The van der Waals surface area contributed by atoms with Gasteiger partial charge in [0.15, 0.2) is 0 Å². The Balaban J connectivity index is 2.70. The molecule has 4 nitrogen and oxygen atoms in total. The molecular weight excluding hydrogens is 252 g/mol. The normalized spacial score (nSPS) is 10.2. The lowest BCUT2D eigenvalue weighted by molar-refractivity contribution is -0.119. The molecule has 0 aliphatic carbocycles. The minimum atomic E-state index is -0.0535. The van der Waals surface area contributed by atoms with Gasteiger partial charge in [-0.25, -0.2) is 0 Å². The highest BCUT2D eigenvalue weighted by atomic mass is 16.2. The molecule has 1 rings (SSSR count).